The first-order valence-electron chi connectivity index (χ1n) is 6.03. The Labute approximate surface area is 110 Å². The van der Waals surface area contributed by atoms with Crippen molar-refractivity contribution in [2.75, 3.05) is 0 Å². The summed E-state index contributed by atoms with van der Waals surface area (Å²) in [5, 5.41) is 14.3. The minimum atomic E-state index is -1.01. The van der Waals surface area contributed by atoms with E-state index in [1.54, 1.807) is 0 Å². The summed E-state index contributed by atoms with van der Waals surface area (Å²) in [4.78, 5) is 26.4. The highest BCUT2D eigenvalue weighted by atomic mass is 16.4. The molecule has 0 aromatic carbocycles. The zero-order chi connectivity index (χ0) is 13.7. The Hall–Kier alpha value is -2.37. The predicted molar refractivity (Wildman–Crippen MR) is 68.7 cm³/mol. The van der Waals surface area contributed by atoms with Crippen LogP contribution in [0.5, 0.6) is 0 Å². The Balaban J connectivity index is 1.82. The third-order valence-electron chi connectivity index (χ3n) is 2.84. The number of amides is 2. The van der Waals surface area contributed by atoms with Crippen molar-refractivity contribution in [1.29, 1.82) is 0 Å². The van der Waals surface area contributed by atoms with E-state index in [2.05, 4.69) is 15.6 Å². The van der Waals surface area contributed by atoms with Crippen molar-refractivity contribution >= 4 is 12.0 Å². The maximum atomic E-state index is 11.6. The summed E-state index contributed by atoms with van der Waals surface area (Å²) in [6, 6.07) is 2.74. The Kier molecular flexibility index (Phi) is 4.12. The van der Waals surface area contributed by atoms with Crippen molar-refractivity contribution in [3.63, 3.8) is 0 Å². The average molecular weight is 261 g/mol. The molecule has 0 fully saturated rings. The van der Waals surface area contributed by atoms with Gasteiger partial charge in [0.25, 0.3) is 0 Å². The van der Waals surface area contributed by atoms with Gasteiger partial charge in [0.15, 0.2) is 0 Å². The number of carboxylic acid groups (broad SMARTS) is 1. The summed E-state index contributed by atoms with van der Waals surface area (Å²) in [7, 11) is 0. The normalized spacial score (nSPS) is 14.3. The van der Waals surface area contributed by atoms with E-state index in [0.29, 0.717) is 5.69 Å². The topological polar surface area (TPSA) is 91.3 Å². The zero-order valence-corrected chi connectivity index (χ0v) is 10.3. The molecule has 0 radical (unpaired) electrons. The van der Waals surface area contributed by atoms with Crippen molar-refractivity contribution in [3.8, 4) is 0 Å². The van der Waals surface area contributed by atoms with Gasteiger partial charge in [-0.3, -0.25) is 4.98 Å². The molecule has 19 heavy (non-hydrogen) atoms. The molecule has 0 saturated heterocycles. The summed E-state index contributed by atoms with van der Waals surface area (Å²) in [6.45, 7) is 0.201. The summed E-state index contributed by atoms with van der Waals surface area (Å²) >= 11 is 0. The fourth-order valence-electron chi connectivity index (χ4n) is 1.85. The van der Waals surface area contributed by atoms with Crippen LogP contribution in [0, 0.1) is 0 Å². The molecule has 2 rings (SSSR count). The number of pyridine rings is 1. The van der Waals surface area contributed by atoms with Gasteiger partial charge in [-0.2, -0.15) is 0 Å². The molecule has 1 aliphatic carbocycles. The molecule has 1 aromatic heterocycles. The predicted octanol–water partition coefficient (Wildman–Crippen LogP) is 1.30. The summed E-state index contributed by atoms with van der Waals surface area (Å²) < 4.78 is 0. The lowest BCUT2D eigenvalue weighted by Gasteiger charge is -2.12. The maximum absolute atomic E-state index is 11.6. The minimum Gasteiger partial charge on any atom is -0.478 e. The number of nitrogens with zero attached hydrogens (tertiary/aromatic N) is 1. The first-order chi connectivity index (χ1) is 9.15. The van der Waals surface area contributed by atoms with Crippen molar-refractivity contribution in [1.82, 2.24) is 15.6 Å². The molecule has 0 unspecified atom stereocenters. The fraction of sp³-hybridized carbons (Fsp3) is 0.308. The smallest absolute Gasteiger partial charge is 0.335 e. The zero-order valence-electron chi connectivity index (χ0n) is 10.3. The number of aromatic nitrogens is 1. The van der Waals surface area contributed by atoms with Crippen molar-refractivity contribution in [2.24, 2.45) is 0 Å². The minimum absolute atomic E-state index is 0.151. The lowest BCUT2D eigenvalue weighted by atomic mass is 10.2. The third-order valence-corrected chi connectivity index (χ3v) is 2.84. The van der Waals surface area contributed by atoms with Crippen LogP contribution in [-0.4, -0.2) is 28.1 Å². The molecular formula is C13H15N3O3. The monoisotopic (exact) mass is 261 g/mol. The van der Waals surface area contributed by atoms with E-state index in [4.69, 9.17) is 5.11 Å². The number of rotatable bonds is 4. The third kappa shape index (κ3) is 3.80. The lowest BCUT2D eigenvalue weighted by Crippen LogP contribution is -2.40. The van der Waals surface area contributed by atoms with Crippen LogP contribution in [0.15, 0.2) is 30.5 Å². The molecule has 1 aromatic rings. The van der Waals surface area contributed by atoms with Crippen LogP contribution in [0.2, 0.25) is 0 Å². The number of hydrogen-bond donors (Lipinski definition) is 3. The highest BCUT2D eigenvalue weighted by Crippen LogP contribution is 2.08. The van der Waals surface area contributed by atoms with Gasteiger partial charge in [0.2, 0.25) is 0 Å². The molecule has 100 valence electrons. The van der Waals surface area contributed by atoms with Crippen LogP contribution in [0.4, 0.5) is 4.79 Å². The number of carbonyl (C=O) groups excluding carboxylic acids is 1. The highest BCUT2D eigenvalue weighted by molar-refractivity contribution is 5.87. The number of aromatic carboxylic acids is 1. The number of carbonyl (C=O) groups is 2. The highest BCUT2D eigenvalue weighted by Gasteiger charge is 2.13. The van der Waals surface area contributed by atoms with Crippen LogP contribution in [0.25, 0.3) is 0 Å². The molecular weight excluding hydrogens is 246 g/mol. The number of urea groups is 1. The van der Waals surface area contributed by atoms with Gasteiger partial charge < -0.3 is 15.7 Å². The van der Waals surface area contributed by atoms with Crippen LogP contribution < -0.4 is 10.6 Å². The number of carboxylic acids is 1. The van der Waals surface area contributed by atoms with Crippen LogP contribution in [0.1, 0.15) is 28.9 Å². The molecule has 0 atom stereocenters. The van der Waals surface area contributed by atoms with E-state index in [1.807, 2.05) is 12.2 Å². The summed E-state index contributed by atoms with van der Waals surface area (Å²) in [5.74, 6) is -1.01. The van der Waals surface area contributed by atoms with E-state index in [-0.39, 0.29) is 24.2 Å². The van der Waals surface area contributed by atoms with Crippen LogP contribution >= 0.6 is 0 Å². The van der Waals surface area contributed by atoms with E-state index >= 15 is 0 Å². The van der Waals surface area contributed by atoms with Gasteiger partial charge in [-0.25, -0.2) is 9.59 Å². The molecule has 3 N–H and O–H groups in total. The Morgan fingerprint density at radius 3 is 2.79 bits per heavy atom. The molecule has 0 bridgehead atoms. The quantitative estimate of drug-likeness (QED) is 0.712. The number of nitrogens with one attached hydrogen (secondary N) is 2. The Morgan fingerprint density at radius 1 is 1.37 bits per heavy atom. The summed E-state index contributed by atoms with van der Waals surface area (Å²) in [5.41, 5.74) is 0.673. The molecule has 0 saturated carbocycles. The first-order valence-corrected chi connectivity index (χ1v) is 6.03. The Morgan fingerprint density at radius 2 is 2.11 bits per heavy atom. The molecule has 6 heteroatoms. The second-order valence-corrected chi connectivity index (χ2v) is 4.31. The van der Waals surface area contributed by atoms with Crippen molar-refractivity contribution in [3.05, 3.63) is 41.7 Å². The largest absolute Gasteiger partial charge is 0.478 e. The van der Waals surface area contributed by atoms with Gasteiger partial charge in [0.05, 0.1) is 17.8 Å². The molecule has 0 aliphatic heterocycles. The van der Waals surface area contributed by atoms with E-state index in [0.717, 1.165) is 12.8 Å². The molecule has 1 heterocycles. The summed E-state index contributed by atoms with van der Waals surface area (Å²) in [6.07, 6.45) is 7.17. The second kappa shape index (κ2) is 5.99. The first kappa shape index (κ1) is 13.1. The Bertz CT molecular complexity index is 506. The molecule has 6 nitrogen and oxygen atoms in total. The van der Waals surface area contributed by atoms with E-state index < -0.39 is 5.97 Å². The number of hydrogen-bond acceptors (Lipinski definition) is 3. The van der Waals surface area contributed by atoms with E-state index in [1.165, 1.54) is 18.3 Å². The molecule has 1 aliphatic rings. The second-order valence-electron chi connectivity index (χ2n) is 4.31. The standard InChI is InChI=1S/C13H15N3O3/c17-12(18)9-5-6-14-11(7-9)8-15-13(19)16-10-3-1-2-4-10/h1-2,5-7,10H,3-4,8H2,(H,17,18)(H2,15,16,19). The van der Waals surface area contributed by atoms with E-state index in [9.17, 15) is 9.59 Å². The van der Waals surface area contributed by atoms with Crippen LogP contribution in [0.3, 0.4) is 0 Å². The maximum Gasteiger partial charge on any atom is 0.335 e. The van der Waals surface area contributed by atoms with Crippen LogP contribution in [-0.2, 0) is 6.54 Å². The fourth-order valence-corrected chi connectivity index (χ4v) is 1.85. The van der Waals surface area contributed by atoms with Gasteiger partial charge in [0, 0.05) is 12.2 Å². The average Bonchev–Trinajstić information content (AvgIpc) is 2.89. The van der Waals surface area contributed by atoms with Gasteiger partial charge in [-0.05, 0) is 25.0 Å². The lowest BCUT2D eigenvalue weighted by molar-refractivity contribution is 0.0696. The van der Waals surface area contributed by atoms with Gasteiger partial charge in [-0.1, -0.05) is 12.2 Å². The SMILES string of the molecule is O=C(NCc1cc(C(=O)O)ccn1)NC1CC=CC1. The molecule has 0 spiro atoms. The van der Waals surface area contributed by atoms with Gasteiger partial charge >= 0.3 is 12.0 Å². The van der Waals surface area contributed by atoms with Crippen molar-refractivity contribution in [2.45, 2.75) is 25.4 Å². The van der Waals surface area contributed by atoms with Gasteiger partial charge in [-0.15, -0.1) is 0 Å². The molecule has 2 amide bonds. The van der Waals surface area contributed by atoms with Gasteiger partial charge in [0.1, 0.15) is 0 Å². The van der Waals surface area contributed by atoms with Crippen molar-refractivity contribution < 1.29 is 14.7 Å².